The van der Waals surface area contributed by atoms with Crippen LogP contribution in [0.1, 0.15) is 290 Å². The van der Waals surface area contributed by atoms with Gasteiger partial charge >= 0.3 is 17.9 Å². The number of carbonyl (C=O) groups is 3. The Morgan fingerprint density at radius 2 is 0.750 bits per heavy atom. The summed E-state index contributed by atoms with van der Waals surface area (Å²) in [6.45, 7) is 6.51. The van der Waals surface area contributed by atoms with Crippen molar-refractivity contribution in [2.45, 2.75) is 315 Å². The van der Waals surface area contributed by atoms with Crippen molar-refractivity contribution in [1.29, 1.82) is 0 Å². The summed E-state index contributed by atoms with van der Waals surface area (Å²) in [5, 5.41) is 10.9. The van der Waals surface area contributed by atoms with E-state index in [1.54, 1.807) is 0 Å². The minimum atomic E-state index is -1.06. The molecule has 0 aromatic rings. The summed E-state index contributed by atoms with van der Waals surface area (Å²) in [6, 6.07) is 0. The van der Waals surface area contributed by atoms with Crippen LogP contribution in [0.3, 0.4) is 0 Å². The normalized spacial score (nSPS) is 16.7. The lowest BCUT2D eigenvalue weighted by Crippen LogP contribution is -2.46. The third-order valence-electron chi connectivity index (χ3n) is 13.4. The van der Waals surface area contributed by atoms with E-state index in [0.717, 1.165) is 103 Å². The van der Waals surface area contributed by atoms with Crippen LogP contribution >= 0.6 is 0 Å². The van der Waals surface area contributed by atoms with E-state index in [1.807, 2.05) is 0 Å². The Bertz CT molecular complexity index is 1230. The maximum absolute atomic E-state index is 13.2. The molecule has 0 spiro atoms. The van der Waals surface area contributed by atoms with E-state index in [2.05, 4.69) is 57.2 Å². The van der Waals surface area contributed by atoms with Crippen molar-refractivity contribution >= 4 is 17.9 Å². The molecule has 8 heteroatoms. The van der Waals surface area contributed by atoms with Crippen molar-refractivity contribution in [3.8, 4) is 0 Å². The lowest BCUT2D eigenvalue weighted by Gasteiger charge is -2.28. The van der Waals surface area contributed by atoms with Crippen LogP contribution in [0.2, 0.25) is 0 Å². The van der Waals surface area contributed by atoms with E-state index >= 15 is 0 Å². The average Bonchev–Trinajstić information content (AvgIpc) is 3.69. The molecule has 1 saturated heterocycles. The highest BCUT2D eigenvalue weighted by atomic mass is 16.6. The van der Waals surface area contributed by atoms with Crippen molar-refractivity contribution in [3.63, 3.8) is 0 Å². The number of aliphatic hydroxyl groups is 1. The summed E-state index contributed by atoms with van der Waals surface area (Å²) in [6.07, 6.45) is 56.7. The Kier molecular flexibility index (Phi) is 46.3. The number of hydrogen-bond acceptors (Lipinski definition) is 8. The van der Waals surface area contributed by atoms with Gasteiger partial charge in [0.2, 0.25) is 0 Å². The van der Waals surface area contributed by atoms with Gasteiger partial charge in [-0.3, -0.25) is 14.4 Å². The van der Waals surface area contributed by atoms with Crippen LogP contribution in [0.15, 0.2) is 36.5 Å². The van der Waals surface area contributed by atoms with Crippen molar-refractivity contribution in [1.82, 2.24) is 0 Å². The number of carbonyl (C=O) groups excluding carboxylic acids is 3. The fourth-order valence-corrected chi connectivity index (χ4v) is 8.98. The lowest BCUT2D eigenvalue weighted by molar-refractivity contribution is -0.177. The summed E-state index contributed by atoms with van der Waals surface area (Å²) in [5.41, 5.74) is 0. The standard InChI is InChI=1S/C60H108O8/c1-4-7-10-13-16-19-22-25-28-31-34-37-40-43-46-49-56(62)65-53-55(67-57(63)50-47-44-41-38-35-32-29-26-23-20-17-14-11-8-5-2)60-59(54(61)52-66-60)68-58(64)51-48-45-42-39-36-33-30-27-24-21-18-15-12-9-6-3/h25-30,54-55,59-61H,4-24,31-53H2,1-3H3/b28-25+,29-26+,30-27+. The number of allylic oxidation sites excluding steroid dienone is 6. The molecule has 1 N–H and O–H groups in total. The number of aliphatic hydroxyl groups excluding tert-OH is 1. The SMILES string of the molecule is CCCCCCCC/C=C/CCCCCCCC(=O)OCC(OC(=O)CCCCCCC/C=C/CCCCCCCC)C1OCC(O)C1OC(=O)CCCCCCC/C=C/CCCCCCCC. The highest BCUT2D eigenvalue weighted by molar-refractivity contribution is 5.71. The maximum Gasteiger partial charge on any atom is 0.306 e. The van der Waals surface area contributed by atoms with Gasteiger partial charge in [-0.1, -0.05) is 211 Å². The Hall–Kier alpha value is -2.45. The maximum atomic E-state index is 13.2. The van der Waals surface area contributed by atoms with Crippen molar-refractivity contribution in [2.75, 3.05) is 13.2 Å². The summed E-state index contributed by atoms with van der Waals surface area (Å²) in [4.78, 5) is 39.1. The van der Waals surface area contributed by atoms with E-state index in [0.29, 0.717) is 12.8 Å². The van der Waals surface area contributed by atoms with Crippen LogP contribution in [0.4, 0.5) is 0 Å². The molecular weight excluding hydrogens is 849 g/mol. The molecule has 1 aliphatic heterocycles. The van der Waals surface area contributed by atoms with E-state index in [-0.39, 0.29) is 38.4 Å². The molecule has 1 aliphatic rings. The molecule has 68 heavy (non-hydrogen) atoms. The quantitative estimate of drug-likeness (QED) is 0.0278. The minimum absolute atomic E-state index is 0.0544. The lowest BCUT2D eigenvalue weighted by atomic mass is 10.1. The van der Waals surface area contributed by atoms with Gasteiger partial charge in [-0.15, -0.1) is 0 Å². The zero-order valence-corrected chi connectivity index (χ0v) is 44.7. The molecular formula is C60H108O8. The zero-order chi connectivity index (χ0) is 49.2. The molecule has 0 aromatic carbocycles. The summed E-state index contributed by atoms with van der Waals surface area (Å²) >= 11 is 0. The molecule has 0 amide bonds. The predicted molar refractivity (Wildman–Crippen MR) is 285 cm³/mol. The van der Waals surface area contributed by atoms with Gasteiger partial charge in [-0.25, -0.2) is 0 Å². The summed E-state index contributed by atoms with van der Waals surface area (Å²) in [5.74, 6) is -1.15. The van der Waals surface area contributed by atoms with Gasteiger partial charge in [0.05, 0.1) is 6.61 Å². The van der Waals surface area contributed by atoms with Crippen molar-refractivity contribution in [3.05, 3.63) is 36.5 Å². The van der Waals surface area contributed by atoms with E-state index < -0.39 is 36.4 Å². The highest BCUT2D eigenvalue weighted by Crippen LogP contribution is 2.25. The van der Waals surface area contributed by atoms with Crippen LogP contribution in [-0.4, -0.2) is 60.6 Å². The Labute approximate surface area is 419 Å². The highest BCUT2D eigenvalue weighted by Gasteiger charge is 2.46. The summed E-state index contributed by atoms with van der Waals surface area (Å²) < 4.78 is 23.3. The fourth-order valence-electron chi connectivity index (χ4n) is 8.98. The Morgan fingerprint density at radius 1 is 0.441 bits per heavy atom. The Morgan fingerprint density at radius 3 is 1.12 bits per heavy atom. The van der Waals surface area contributed by atoms with Gasteiger partial charge in [0, 0.05) is 19.3 Å². The van der Waals surface area contributed by atoms with Gasteiger partial charge < -0.3 is 24.1 Å². The second-order valence-corrected chi connectivity index (χ2v) is 20.0. The van der Waals surface area contributed by atoms with Crippen LogP contribution in [0.5, 0.6) is 0 Å². The first-order valence-electron chi connectivity index (χ1n) is 29.2. The van der Waals surface area contributed by atoms with Gasteiger partial charge in [-0.2, -0.15) is 0 Å². The predicted octanol–water partition coefficient (Wildman–Crippen LogP) is 17.2. The summed E-state index contributed by atoms with van der Waals surface area (Å²) in [7, 11) is 0. The van der Waals surface area contributed by atoms with E-state index in [1.165, 1.54) is 135 Å². The monoisotopic (exact) mass is 957 g/mol. The van der Waals surface area contributed by atoms with Gasteiger partial charge in [0.25, 0.3) is 0 Å². The molecule has 0 saturated carbocycles. The van der Waals surface area contributed by atoms with Gasteiger partial charge in [-0.05, 0) is 96.3 Å². The average molecular weight is 958 g/mol. The molecule has 8 nitrogen and oxygen atoms in total. The molecule has 0 radical (unpaired) electrons. The van der Waals surface area contributed by atoms with Crippen molar-refractivity contribution < 1.29 is 38.4 Å². The second kappa shape index (κ2) is 49.5. The first-order valence-corrected chi connectivity index (χ1v) is 29.2. The first-order chi connectivity index (χ1) is 33.4. The fraction of sp³-hybridized carbons (Fsp3) is 0.850. The molecule has 0 aliphatic carbocycles. The van der Waals surface area contributed by atoms with E-state index in [4.69, 9.17) is 18.9 Å². The molecule has 1 rings (SSSR count). The van der Waals surface area contributed by atoms with Crippen LogP contribution in [0.25, 0.3) is 0 Å². The first kappa shape index (κ1) is 63.6. The molecule has 0 bridgehead atoms. The molecule has 1 fully saturated rings. The number of rotatable bonds is 50. The minimum Gasteiger partial charge on any atom is -0.462 e. The third kappa shape index (κ3) is 40.3. The molecule has 0 aromatic heterocycles. The van der Waals surface area contributed by atoms with E-state index in [9.17, 15) is 19.5 Å². The number of unbranched alkanes of at least 4 members (excludes halogenated alkanes) is 33. The molecule has 396 valence electrons. The molecule has 4 unspecified atom stereocenters. The topological polar surface area (TPSA) is 108 Å². The van der Waals surface area contributed by atoms with Crippen LogP contribution in [-0.2, 0) is 33.3 Å². The zero-order valence-electron chi connectivity index (χ0n) is 44.7. The largest absolute Gasteiger partial charge is 0.462 e. The number of hydrogen-bond donors (Lipinski definition) is 1. The molecule has 4 atom stereocenters. The van der Waals surface area contributed by atoms with Gasteiger partial charge in [0.15, 0.2) is 12.2 Å². The van der Waals surface area contributed by atoms with Crippen molar-refractivity contribution in [2.24, 2.45) is 0 Å². The molecule has 1 heterocycles. The Balaban J connectivity index is 2.50. The second-order valence-electron chi connectivity index (χ2n) is 20.0. The smallest absolute Gasteiger partial charge is 0.306 e. The van der Waals surface area contributed by atoms with Gasteiger partial charge in [0.1, 0.15) is 18.8 Å². The number of esters is 3. The van der Waals surface area contributed by atoms with Crippen LogP contribution in [0, 0.1) is 0 Å². The van der Waals surface area contributed by atoms with Crippen LogP contribution < -0.4 is 0 Å². The number of ether oxygens (including phenoxy) is 4. The third-order valence-corrected chi connectivity index (χ3v) is 13.4.